The number of sulfone groups is 1. The van der Waals surface area contributed by atoms with Gasteiger partial charge in [0.1, 0.15) is 11.1 Å². The minimum Gasteiger partial charge on any atom is -0.398 e. The van der Waals surface area contributed by atoms with E-state index in [1.165, 1.54) is 14.0 Å². The minimum atomic E-state index is -3.97. The number of nitrogen functional groups attached to an aromatic ring is 1. The summed E-state index contributed by atoms with van der Waals surface area (Å²) < 4.78 is 42.2. The number of amides is 1. The Morgan fingerprint density at radius 2 is 2.15 bits per heavy atom. The number of ether oxygens (including phenoxy) is 1. The molecule has 6 nitrogen and oxygen atoms in total. The minimum absolute atomic E-state index is 0.202. The Morgan fingerprint density at radius 1 is 1.50 bits per heavy atom. The SMILES string of the molecule is COCCNC(=O)C(C)S(=O)(=O)c1ccc(F)cc1N. The number of nitrogens with one attached hydrogen (secondary N) is 1. The van der Waals surface area contributed by atoms with Gasteiger partial charge in [0.2, 0.25) is 5.91 Å². The molecule has 0 saturated heterocycles. The van der Waals surface area contributed by atoms with E-state index >= 15 is 0 Å². The van der Waals surface area contributed by atoms with Crippen molar-refractivity contribution in [2.75, 3.05) is 26.0 Å². The van der Waals surface area contributed by atoms with Gasteiger partial charge >= 0.3 is 0 Å². The summed E-state index contributed by atoms with van der Waals surface area (Å²) in [7, 11) is -2.50. The zero-order chi connectivity index (χ0) is 15.3. The molecule has 1 aromatic carbocycles. The van der Waals surface area contributed by atoms with Crippen LogP contribution in [0.4, 0.5) is 10.1 Å². The van der Waals surface area contributed by atoms with Gasteiger partial charge in [0.15, 0.2) is 9.84 Å². The van der Waals surface area contributed by atoms with Crippen LogP contribution in [-0.4, -0.2) is 39.8 Å². The van der Waals surface area contributed by atoms with Crippen molar-refractivity contribution in [3.8, 4) is 0 Å². The maximum atomic E-state index is 12.9. The molecule has 0 aliphatic carbocycles. The molecule has 112 valence electrons. The number of nitrogens with two attached hydrogens (primary N) is 1. The van der Waals surface area contributed by atoms with Crippen LogP contribution in [0.25, 0.3) is 0 Å². The molecule has 1 unspecified atom stereocenters. The molecule has 1 amide bonds. The van der Waals surface area contributed by atoms with Gasteiger partial charge in [-0.3, -0.25) is 4.79 Å². The Morgan fingerprint density at radius 3 is 2.70 bits per heavy atom. The van der Waals surface area contributed by atoms with Crippen LogP contribution < -0.4 is 11.1 Å². The number of carbonyl (C=O) groups is 1. The molecule has 3 N–H and O–H groups in total. The van der Waals surface area contributed by atoms with Crippen molar-refractivity contribution in [1.29, 1.82) is 0 Å². The van der Waals surface area contributed by atoms with Gasteiger partial charge in [0.25, 0.3) is 0 Å². The summed E-state index contributed by atoms with van der Waals surface area (Å²) in [5.41, 5.74) is 5.28. The topological polar surface area (TPSA) is 98.5 Å². The summed E-state index contributed by atoms with van der Waals surface area (Å²) >= 11 is 0. The van der Waals surface area contributed by atoms with Crippen molar-refractivity contribution in [3.05, 3.63) is 24.0 Å². The highest BCUT2D eigenvalue weighted by atomic mass is 32.2. The first-order chi connectivity index (χ1) is 9.30. The number of hydrogen-bond acceptors (Lipinski definition) is 5. The highest BCUT2D eigenvalue weighted by Crippen LogP contribution is 2.23. The fourth-order valence-corrected chi connectivity index (χ4v) is 2.92. The number of benzene rings is 1. The van der Waals surface area contributed by atoms with E-state index < -0.39 is 26.8 Å². The number of hydrogen-bond donors (Lipinski definition) is 2. The molecule has 20 heavy (non-hydrogen) atoms. The Kier molecular flexibility index (Phi) is 5.46. The molecule has 0 aromatic heterocycles. The van der Waals surface area contributed by atoms with Gasteiger partial charge in [-0.15, -0.1) is 0 Å². The summed E-state index contributed by atoms with van der Waals surface area (Å²) in [6.45, 7) is 1.73. The average molecular weight is 304 g/mol. The van der Waals surface area contributed by atoms with E-state index in [0.29, 0.717) is 0 Å². The Balaban J connectivity index is 2.95. The molecule has 8 heteroatoms. The predicted molar refractivity (Wildman–Crippen MR) is 72.3 cm³/mol. The predicted octanol–water partition coefficient (Wildman–Crippen LogP) is 0.333. The molecular weight excluding hydrogens is 287 g/mol. The largest absolute Gasteiger partial charge is 0.398 e. The van der Waals surface area contributed by atoms with E-state index in [1.54, 1.807) is 0 Å². The molecular formula is C12H17FN2O4S. The Bertz CT molecular complexity index is 589. The van der Waals surface area contributed by atoms with Crippen LogP contribution in [0.1, 0.15) is 6.92 Å². The maximum absolute atomic E-state index is 12.9. The number of anilines is 1. The molecule has 0 spiro atoms. The summed E-state index contributed by atoms with van der Waals surface area (Å²) in [5, 5.41) is 1.11. The van der Waals surface area contributed by atoms with Crippen molar-refractivity contribution >= 4 is 21.4 Å². The van der Waals surface area contributed by atoms with Crippen LogP contribution in [0.5, 0.6) is 0 Å². The molecule has 1 rings (SSSR count). The lowest BCUT2D eigenvalue weighted by Crippen LogP contribution is -2.39. The van der Waals surface area contributed by atoms with Crippen molar-refractivity contribution < 1.29 is 22.3 Å². The third kappa shape index (κ3) is 3.67. The Labute approximate surface area is 117 Å². The van der Waals surface area contributed by atoms with Crippen LogP contribution in [0, 0.1) is 5.82 Å². The van der Waals surface area contributed by atoms with E-state index in [0.717, 1.165) is 18.2 Å². The highest BCUT2D eigenvalue weighted by molar-refractivity contribution is 7.93. The molecule has 1 atom stereocenters. The molecule has 0 bridgehead atoms. The van der Waals surface area contributed by atoms with E-state index in [-0.39, 0.29) is 23.7 Å². The van der Waals surface area contributed by atoms with Gasteiger partial charge in [-0.1, -0.05) is 0 Å². The lowest BCUT2D eigenvalue weighted by atomic mass is 10.3. The highest BCUT2D eigenvalue weighted by Gasteiger charge is 2.31. The number of halogens is 1. The van der Waals surface area contributed by atoms with Gasteiger partial charge < -0.3 is 15.8 Å². The van der Waals surface area contributed by atoms with Crippen LogP contribution in [0.15, 0.2) is 23.1 Å². The van der Waals surface area contributed by atoms with E-state index in [4.69, 9.17) is 10.5 Å². The zero-order valence-corrected chi connectivity index (χ0v) is 12.0. The maximum Gasteiger partial charge on any atom is 0.238 e. The van der Waals surface area contributed by atoms with Crippen molar-refractivity contribution in [2.24, 2.45) is 0 Å². The van der Waals surface area contributed by atoms with Gasteiger partial charge in [-0.2, -0.15) is 0 Å². The lowest BCUT2D eigenvalue weighted by Gasteiger charge is -2.14. The van der Waals surface area contributed by atoms with E-state index in [9.17, 15) is 17.6 Å². The summed E-state index contributed by atoms with van der Waals surface area (Å²) in [6.07, 6.45) is 0. The molecule has 0 fully saturated rings. The van der Waals surface area contributed by atoms with Gasteiger partial charge in [0, 0.05) is 13.7 Å². The van der Waals surface area contributed by atoms with Gasteiger partial charge in [-0.25, -0.2) is 12.8 Å². The first-order valence-corrected chi connectivity index (χ1v) is 7.41. The standard InChI is InChI=1S/C12H17FN2O4S/c1-8(12(16)15-5-6-19-2)20(17,18)11-4-3-9(13)7-10(11)14/h3-4,7-8H,5-6,14H2,1-2H3,(H,15,16). The first-order valence-electron chi connectivity index (χ1n) is 5.86. The second kappa shape index (κ2) is 6.67. The average Bonchev–Trinajstić information content (AvgIpc) is 2.37. The van der Waals surface area contributed by atoms with Crippen LogP contribution in [0.3, 0.4) is 0 Å². The van der Waals surface area contributed by atoms with Gasteiger partial charge in [-0.05, 0) is 25.1 Å². The van der Waals surface area contributed by atoms with Crippen LogP contribution >= 0.6 is 0 Å². The number of methoxy groups -OCH3 is 1. The monoisotopic (exact) mass is 304 g/mol. The number of carbonyl (C=O) groups excluding carboxylic acids is 1. The zero-order valence-electron chi connectivity index (χ0n) is 11.2. The molecule has 0 aliphatic rings. The second-order valence-corrected chi connectivity index (χ2v) is 6.39. The summed E-state index contributed by atoms with van der Waals surface area (Å²) in [5.74, 6) is -1.30. The molecule has 0 aliphatic heterocycles. The van der Waals surface area contributed by atoms with E-state index in [2.05, 4.69) is 5.32 Å². The van der Waals surface area contributed by atoms with Crippen molar-refractivity contribution in [2.45, 2.75) is 17.1 Å². The molecule has 0 radical (unpaired) electrons. The molecule has 0 heterocycles. The van der Waals surface area contributed by atoms with E-state index in [1.807, 2.05) is 0 Å². The summed E-state index contributed by atoms with van der Waals surface area (Å²) in [6, 6.07) is 2.94. The normalized spacial score (nSPS) is 12.9. The molecule has 1 aromatic rings. The van der Waals surface area contributed by atoms with Crippen LogP contribution in [0.2, 0.25) is 0 Å². The quantitative estimate of drug-likeness (QED) is 0.448. The smallest absolute Gasteiger partial charge is 0.238 e. The number of rotatable bonds is 6. The third-order valence-corrected chi connectivity index (χ3v) is 4.85. The first kappa shape index (κ1) is 16.4. The van der Waals surface area contributed by atoms with Crippen molar-refractivity contribution in [1.82, 2.24) is 5.32 Å². The molecule has 0 saturated carbocycles. The second-order valence-electron chi connectivity index (χ2n) is 4.15. The third-order valence-electron chi connectivity index (χ3n) is 2.72. The van der Waals surface area contributed by atoms with Crippen molar-refractivity contribution in [3.63, 3.8) is 0 Å². The summed E-state index contributed by atoms with van der Waals surface area (Å²) in [4.78, 5) is 11.5. The fraction of sp³-hybridized carbons (Fsp3) is 0.417. The Hall–Kier alpha value is -1.67. The fourth-order valence-electron chi connectivity index (χ4n) is 1.53. The van der Waals surface area contributed by atoms with Gasteiger partial charge in [0.05, 0.1) is 17.2 Å². The van der Waals surface area contributed by atoms with Crippen LogP contribution in [-0.2, 0) is 19.4 Å². The lowest BCUT2D eigenvalue weighted by molar-refractivity contribution is -0.120.